The van der Waals surface area contributed by atoms with E-state index in [9.17, 15) is 8.78 Å². The summed E-state index contributed by atoms with van der Waals surface area (Å²) in [5.41, 5.74) is 1.08. The molecule has 20 heavy (non-hydrogen) atoms. The zero-order valence-corrected chi connectivity index (χ0v) is 11.6. The summed E-state index contributed by atoms with van der Waals surface area (Å²) in [5.74, 6) is -0.922. The second-order valence-electron chi connectivity index (χ2n) is 4.55. The van der Waals surface area contributed by atoms with Crippen molar-refractivity contribution in [1.82, 2.24) is 19.3 Å². The van der Waals surface area contributed by atoms with E-state index in [0.717, 1.165) is 6.07 Å². The first-order valence-corrected chi connectivity index (χ1v) is 6.41. The van der Waals surface area contributed by atoms with Crippen molar-refractivity contribution in [2.75, 3.05) is 0 Å². The number of aromatic nitrogens is 4. The number of nitrogens with zero attached hydrogens (tertiary/aromatic N) is 4. The van der Waals surface area contributed by atoms with E-state index in [2.05, 4.69) is 10.1 Å². The molecule has 0 aliphatic carbocycles. The number of fused-ring (bicyclic) bond motifs is 1. The summed E-state index contributed by atoms with van der Waals surface area (Å²) in [6, 6.07) is 2.05. The lowest BCUT2D eigenvalue weighted by atomic mass is 10.3. The molecular formula is C13H11ClF2N4. The monoisotopic (exact) mass is 296 g/mol. The predicted octanol–water partition coefficient (Wildman–Crippen LogP) is 3.34. The minimum absolute atomic E-state index is 0.0951. The fourth-order valence-electron chi connectivity index (χ4n) is 2.18. The normalized spacial score (nSPS) is 13.1. The third-order valence-corrected chi connectivity index (χ3v) is 3.20. The van der Waals surface area contributed by atoms with Gasteiger partial charge in [-0.2, -0.15) is 5.10 Å². The maximum absolute atomic E-state index is 13.8. The summed E-state index contributed by atoms with van der Waals surface area (Å²) in [4.78, 5) is 4.19. The molecule has 4 nitrogen and oxygen atoms in total. The van der Waals surface area contributed by atoms with E-state index in [1.807, 2.05) is 0 Å². The molecule has 0 saturated heterocycles. The molecule has 0 fully saturated rings. The van der Waals surface area contributed by atoms with Crippen LogP contribution >= 0.6 is 11.6 Å². The zero-order chi connectivity index (χ0) is 14.4. The maximum atomic E-state index is 13.8. The molecule has 0 bridgehead atoms. The van der Waals surface area contributed by atoms with E-state index in [4.69, 9.17) is 11.6 Å². The first-order chi connectivity index (χ1) is 9.47. The lowest BCUT2D eigenvalue weighted by Crippen LogP contribution is -2.01. The van der Waals surface area contributed by atoms with Gasteiger partial charge in [-0.3, -0.25) is 9.25 Å². The van der Waals surface area contributed by atoms with Gasteiger partial charge in [0.1, 0.15) is 17.2 Å². The van der Waals surface area contributed by atoms with Gasteiger partial charge in [0.2, 0.25) is 0 Å². The number of alkyl halides is 1. The Labute approximate surface area is 118 Å². The highest BCUT2D eigenvalue weighted by atomic mass is 35.5. The maximum Gasteiger partial charge on any atom is 0.153 e. The van der Waals surface area contributed by atoms with Crippen molar-refractivity contribution in [1.29, 1.82) is 0 Å². The van der Waals surface area contributed by atoms with Crippen LogP contribution in [0, 0.1) is 11.6 Å². The van der Waals surface area contributed by atoms with E-state index < -0.39 is 17.0 Å². The number of benzene rings is 1. The summed E-state index contributed by atoms with van der Waals surface area (Å²) in [6.45, 7) is 1.73. The van der Waals surface area contributed by atoms with Crippen molar-refractivity contribution >= 4 is 22.6 Å². The average Bonchev–Trinajstić information content (AvgIpc) is 2.92. The van der Waals surface area contributed by atoms with Gasteiger partial charge in [0.25, 0.3) is 0 Å². The van der Waals surface area contributed by atoms with E-state index in [0.29, 0.717) is 17.0 Å². The van der Waals surface area contributed by atoms with Crippen LogP contribution in [-0.4, -0.2) is 19.3 Å². The van der Waals surface area contributed by atoms with Crippen LogP contribution < -0.4 is 0 Å². The quantitative estimate of drug-likeness (QED) is 0.680. The summed E-state index contributed by atoms with van der Waals surface area (Å²) < 4.78 is 30.5. The van der Waals surface area contributed by atoms with Gasteiger partial charge in [-0.1, -0.05) is 0 Å². The number of rotatable bonds is 2. The molecule has 3 rings (SSSR count). The van der Waals surface area contributed by atoms with Crippen LogP contribution in [0.5, 0.6) is 0 Å². The summed E-state index contributed by atoms with van der Waals surface area (Å²) in [6.07, 6.45) is 3.32. The highest BCUT2D eigenvalue weighted by Crippen LogP contribution is 2.29. The molecule has 0 aliphatic heterocycles. The van der Waals surface area contributed by atoms with E-state index >= 15 is 0 Å². The number of hydrogen-bond donors (Lipinski definition) is 0. The molecule has 2 aromatic heterocycles. The SMILES string of the molecule is CC(Cl)c1nc2c(F)cc(F)cc2n1-c1cnn(C)c1. The fraction of sp³-hybridized carbons (Fsp3) is 0.231. The highest BCUT2D eigenvalue weighted by Gasteiger charge is 2.20. The second-order valence-corrected chi connectivity index (χ2v) is 5.20. The third kappa shape index (κ3) is 1.96. The summed E-state index contributed by atoms with van der Waals surface area (Å²) in [5, 5.41) is 3.61. The Hall–Kier alpha value is -1.95. The minimum atomic E-state index is -0.707. The molecule has 0 amide bonds. The van der Waals surface area contributed by atoms with Crippen molar-refractivity contribution in [3.8, 4) is 5.69 Å². The van der Waals surface area contributed by atoms with Crippen LogP contribution in [0.2, 0.25) is 0 Å². The molecule has 1 aromatic carbocycles. The second kappa shape index (κ2) is 4.56. The van der Waals surface area contributed by atoms with Gasteiger partial charge in [-0.05, 0) is 6.92 Å². The van der Waals surface area contributed by atoms with E-state index in [1.165, 1.54) is 6.07 Å². The molecule has 1 atom stereocenters. The Morgan fingerprint density at radius 1 is 1.30 bits per heavy atom. The lowest BCUT2D eigenvalue weighted by molar-refractivity contribution is 0.590. The van der Waals surface area contributed by atoms with Crippen LogP contribution in [0.15, 0.2) is 24.5 Å². The van der Waals surface area contributed by atoms with Crippen LogP contribution in [-0.2, 0) is 7.05 Å². The molecule has 0 spiro atoms. The van der Waals surface area contributed by atoms with E-state index in [1.54, 1.807) is 35.6 Å². The van der Waals surface area contributed by atoms with Gasteiger partial charge in [-0.25, -0.2) is 13.8 Å². The topological polar surface area (TPSA) is 35.6 Å². The van der Waals surface area contributed by atoms with Crippen molar-refractivity contribution in [2.45, 2.75) is 12.3 Å². The van der Waals surface area contributed by atoms with Crippen molar-refractivity contribution in [2.24, 2.45) is 7.05 Å². The zero-order valence-electron chi connectivity index (χ0n) is 10.8. The summed E-state index contributed by atoms with van der Waals surface area (Å²) in [7, 11) is 1.76. The van der Waals surface area contributed by atoms with Gasteiger partial charge in [0.15, 0.2) is 5.82 Å². The Bertz CT molecular complexity index is 791. The smallest absolute Gasteiger partial charge is 0.153 e. The van der Waals surface area contributed by atoms with Crippen LogP contribution in [0.3, 0.4) is 0 Å². The van der Waals surface area contributed by atoms with Crippen molar-refractivity contribution in [3.05, 3.63) is 42.0 Å². The highest BCUT2D eigenvalue weighted by molar-refractivity contribution is 6.20. The number of aryl methyl sites for hydroxylation is 1. The molecule has 0 saturated carbocycles. The molecular weight excluding hydrogens is 286 g/mol. The number of imidazole rings is 1. The van der Waals surface area contributed by atoms with Gasteiger partial charge < -0.3 is 0 Å². The molecule has 2 heterocycles. The van der Waals surface area contributed by atoms with Crippen molar-refractivity contribution < 1.29 is 8.78 Å². The van der Waals surface area contributed by atoms with Gasteiger partial charge in [0, 0.05) is 25.4 Å². The Kier molecular flexibility index (Phi) is 2.97. The molecule has 0 radical (unpaired) electrons. The van der Waals surface area contributed by atoms with Crippen LogP contribution in [0.1, 0.15) is 18.1 Å². The largest absolute Gasteiger partial charge is 0.292 e. The Morgan fingerprint density at radius 2 is 2.05 bits per heavy atom. The molecule has 7 heteroatoms. The molecule has 0 aliphatic rings. The minimum Gasteiger partial charge on any atom is -0.292 e. The molecule has 3 aromatic rings. The Balaban J connectivity index is 2.40. The number of halogens is 3. The lowest BCUT2D eigenvalue weighted by Gasteiger charge is -2.07. The molecule has 104 valence electrons. The van der Waals surface area contributed by atoms with Gasteiger partial charge in [0.05, 0.1) is 22.8 Å². The fourth-order valence-corrected chi connectivity index (χ4v) is 2.33. The first-order valence-electron chi connectivity index (χ1n) is 5.98. The summed E-state index contributed by atoms with van der Waals surface area (Å²) >= 11 is 6.10. The van der Waals surface area contributed by atoms with Gasteiger partial charge >= 0.3 is 0 Å². The standard InChI is InChI=1S/C13H11ClF2N4/c1-7(14)13-18-12-10(16)3-8(15)4-11(12)20(13)9-5-17-19(2)6-9/h3-7H,1-2H3. The van der Waals surface area contributed by atoms with Gasteiger partial charge in [-0.15, -0.1) is 11.6 Å². The first kappa shape index (κ1) is 13.1. The molecule has 1 unspecified atom stereocenters. The average molecular weight is 297 g/mol. The number of hydrogen-bond acceptors (Lipinski definition) is 2. The third-order valence-electron chi connectivity index (χ3n) is 3.01. The molecule has 0 N–H and O–H groups in total. The predicted molar refractivity (Wildman–Crippen MR) is 72.0 cm³/mol. The van der Waals surface area contributed by atoms with Crippen molar-refractivity contribution in [3.63, 3.8) is 0 Å². The van der Waals surface area contributed by atoms with E-state index in [-0.39, 0.29) is 5.52 Å². The Morgan fingerprint density at radius 3 is 2.65 bits per heavy atom. The van der Waals surface area contributed by atoms with Crippen LogP contribution in [0.4, 0.5) is 8.78 Å². The van der Waals surface area contributed by atoms with Crippen LogP contribution in [0.25, 0.3) is 16.7 Å².